The maximum absolute atomic E-state index is 10.8. The summed E-state index contributed by atoms with van der Waals surface area (Å²) in [5, 5.41) is 8.85. The highest BCUT2D eigenvalue weighted by molar-refractivity contribution is 5.87. The van der Waals surface area contributed by atoms with E-state index in [0.717, 1.165) is 31.4 Å². The number of ether oxygens (including phenoxy) is 1. The zero-order chi connectivity index (χ0) is 15.0. The van der Waals surface area contributed by atoms with Gasteiger partial charge in [0.2, 0.25) is 0 Å². The normalized spacial score (nSPS) is 13.1. The second-order valence-corrected chi connectivity index (χ2v) is 4.96. The minimum absolute atomic E-state index is 0.173. The van der Waals surface area contributed by atoms with Crippen molar-refractivity contribution in [1.82, 2.24) is 0 Å². The largest absolute Gasteiger partial charge is 0.490 e. The van der Waals surface area contributed by atoms with Crippen LogP contribution in [0, 0.1) is 0 Å². The fraction of sp³-hybridized carbons (Fsp3) is 0.471. The molecule has 0 aliphatic rings. The molecule has 0 heterocycles. The van der Waals surface area contributed by atoms with Gasteiger partial charge in [0, 0.05) is 0 Å². The molecule has 1 rings (SSSR count). The van der Waals surface area contributed by atoms with Gasteiger partial charge in [0.1, 0.15) is 5.75 Å². The van der Waals surface area contributed by atoms with Crippen LogP contribution >= 0.6 is 0 Å². The molecule has 0 aliphatic carbocycles. The van der Waals surface area contributed by atoms with Crippen molar-refractivity contribution in [2.75, 3.05) is 0 Å². The monoisotopic (exact) mass is 276 g/mol. The minimum Gasteiger partial charge on any atom is -0.490 e. The van der Waals surface area contributed by atoms with Crippen LogP contribution in [0.2, 0.25) is 0 Å². The van der Waals surface area contributed by atoms with Gasteiger partial charge in [-0.1, -0.05) is 25.5 Å². The van der Waals surface area contributed by atoms with Gasteiger partial charge in [-0.05, 0) is 56.9 Å². The average Bonchev–Trinajstić information content (AvgIpc) is 2.46. The van der Waals surface area contributed by atoms with Crippen LogP contribution in [0.3, 0.4) is 0 Å². The number of rotatable bonds is 8. The Hall–Kier alpha value is -1.77. The molecule has 1 aromatic carbocycles. The second-order valence-electron chi connectivity index (χ2n) is 4.96. The lowest BCUT2D eigenvalue weighted by molar-refractivity contribution is 0.0697. The standard InChI is InChI=1S/C17H24O3/c1-4-13(3)7-6-8-15(5-2)20-16-11-9-14(10-12-16)17(18)19/h7,9-12,15H,4-6,8H2,1-3H3,(H,18,19)/b13-7+. The Labute approximate surface area is 121 Å². The van der Waals surface area contributed by atoms with E-state index in [4.69, 9.17) is 9.84 Å². The highest BCUT2D eigenvalue weighted by atomic mass is 16.5. The summed E-state index contributed by atoms with van der Waals surface area (Å²) in [4.78, 5) is 10.8. The molecular weight excluding hydrogens is 252 g/mol. The summed E-state index contributed by atoms with van der Waals surface area (Å²) < 4.78 is 5.89. The number of aromatic carboxylic acids is 1. The Morgan fingerprint density at radius 1 is 1.30 bits per heavy atom. The molecule has 20 heavy (non-hydrogen) atoms. The molecule has 0 fully saturated rings. The molecule has 0 radical (unpaired) electrons. The Morgan fingerprint density at radius 2 is 1.95 bits per heavy atom. The third kappa shape index (κ3) is 5.47. The van der Waals surface area contributed by atoms with E-state index in [1.165, 1.54) is 5.57 Å². The molecule has 110 valence electrons. The van der Waals surface area contributed by atoms with Crippen molar-refractivity contribution in [1.29, 1.82) is 0 Å². The summed E-state index contributed by atoms with van der Waals surface area (Å²) in [6.07, 6.45) is 6.47. The Balaban J connectivity index is 2.53. The van der Waals surface area contributed by atoms with Crippen LogP contribution in [0.5, 0.6) is 5.75 Å². The van der Waals surface area contributed by atoms with Gasteiger partial charge in [-0.3, -0.25) is 0 Å². The molecular formula is C17H24O3. The SMILES string of the molecule is CC/C(C)=C/CCC(CC)Oc1ccc(C(=O)O)cc1. The van der Waals surface area contributed by atoms with Crippen LogP contribution in [0.1, 0.15) is 56.8 Å². The van der Waals surface area contributed by atoms with Gasteiger partial charge in [0.15, 0.2) is 0 Å². The number of carbonyl (C=O) groups is 1. The lowest BCUT2D eigenvalue weighted by Gasteiger charge is -2.17. The van der Waals surface area contributed by atoms with E-state index in [2.05, 4.69) is 26.8 Å². The molecule has 0 bridgehead atoms. The number of hydrogen-bond acceptors (Lipinski definition) is 2. The van der Waals surface area contributed by atoms with Crippen LogP contribution in [0.4, 0.5) is 0 Å². The summed E-state index contributed by atoms with van der Waals surface area (Å²) in [7, 11) is 0. The van der Waals surface area contributed by atoms with Crippen LogP contribution in [-0.4, -0.2) is 17.2 Å². The number of benzene rings is 1. The van der Waals surface area contributed by atoms with Crippen molar-refractivity contribution in [2.45, 2.75) is 52.6 Å². The van der Waals surface area contributed by atoms with Gasteiger partial charge in [0.05, 0.1) is 11.7 Å². The summed E-state index contributed by atoms with van der Waals surface area (Å²) in [5.41, 5.74) is 1.69. The second kappa shape index (κ2) is 8.41. The van der Waals surface area contributed by atoms with Crippen molar-refractivity contribution < 1.29 is 14.6 Å². The molecule has 0 aliphatic heterocycles. The summed E-state index contributed by atoms with van der Waals surface area (Å²) in [6.45, 7) is 6.41. The lowest BCUT2D eigenvalue weighted by Crippen LogP contribution is -2.15. The first kappa shape index (κ1) is 16.3. The van der Waals surface area contributed by atoms with E-state index in [9.17, 15) is 4.79 Å². The van der Waals surface area contributed by atoms with E-state index >= 15 is 0 Å². The highest BCUT2D eigenvalue weighted by Crippen LogP contribution is 2.18. The molecule has 3 heteroatoms. The molecule has 0 saturated carbocycles. The van der Waals surface area contributed by atoms with E-state index < -0.39 is 5.97 Å². The van der Waals surface area contributed by atoms with E-state index in [-0.39, 0.29) is 11.7 Å². The van der Waals surface area contributed by atoms with E-state index in [0.29, 0.717) is 0 Å². The quantitative estimate of drug-likeness (QED) is 0.701. The fourth-order valence-electron chi connectivity index (χ4n) is 1.87. The topological polar surface area (TPSA) is 46.5 Å². The van der Waals surface area contributed by atoms with Crippen LogP contribution in [0.25, 0.3) is 0 Å². The first-order chi connectivity index (χ1) is 9.56. The molecule has 0 spiro atoms. The van der Waals surface area contributed by atoms with Crippen LogP contribution in [0.15, 0.2) is 35.9 Å². The summed E-state index contributed by atoms with van der Waals surface area (Å²) in [6, 6.07) is 6.59. The number of carboxylic acids is 1. The highest BCUT2D eigenvalue weighted by Gasteiger charge is 2.08. The van der Waals surface area contributed by atoms with Gasteiger partial charge in [-0.2, -0.15) is 0 Å². The first-order valence-corrected chi connectivity index (χ1v) is 7.22. The fourth-order valence-corrected chi connectivity index (χ4v) is 1.87. The lowest BCUT2D eigenvalue weighted by atomic mass is 10.1. The van der Waals surface area contributed by atoms with Gasteiger partial charge in [0.25, 0.3) is 0 Å². The van der Waals surface area contributed by atoms with Crippen molar-refractivity contribution in [3.05, 3.63) is 41.5 Å². The molecule has 1 aromatic rings. The Kier molecular flexibility index (Phi) is 6.85. The van der Waals surface area contributed by atoms with Crippen molar-refractivity contribution in [3.63, 3.8) is 0 Å². The Bertz CT molecular complexity index is 446. The Morgan fingerprint density at radius 3 is 2.45 bits per heavy atom. The maximum Gasteiger partial charge on any atom is 0.335 e. The van der Waals surface area contributed by atoms with Crippen molar-refractivity contribution in [2.24, 2.45) is 0 Å². The summed E-state index contributed by atoms with van der Waals surface area (Å²) >= 11 is 0. The molecule has 0 aromatic heterocycles. The number of carboxylic acid groups (broad SMARTS) is 1. The third-order valence-electron chi connectivity index (χ3n) is 3.40. The number of allylic oxidation sites excluding steroid dienone is 2. The predicted molar refractivity (Wildman–Crippen MR) is 81.4 cm³/mol. The van der Waals surface area contributed by atoms with E-state index in [1.54, 1.807) is 24.3 Å². The van der Waals surface area contributed by atoms with Crippen molar-refractivity contribution >= 4 is 5.97 Å². The summed E-state index contributed by atoms with van der Waals surface area (Å²) in [5.74, 6) is -0.179. The number of hydrogen-bond donors (Lipinski definition) is 1. The molecule has 1 N–H and O–H groups in total. The molecule has 0 amide bonds. The van der Waals surface area contributed by atoms with Crippen molar-refractivity contribution in [3.8, 4) is 5.75 Å². The smallest absolute Gasteiger partial charge is 0.335 e. The van der Waals surface area contributed by atoms with Gasteiger partial charge in [-0.25, -0.2) is 4.79 Å². The average molecular weight is 276 g/mol. The third-order valence-corrected chi connectivity index (χ3v) is 3.40. The van der Waals surface area contributed by atoms with Gasteiger partial charge in [-0.15, -0.1) is 0 Å². The molecule has 0 saturated heterocycles. The molecule has 3 nitrogen and oxygen atoms in total. The van der Waals surface area contributed by atoms with Gasteiger partial charge < -0.3 is 9.84 Å². The maximum atomic E-state index is 10.8. The molecule has 1 atom stereocenters. The zero-order valence-corrected chi connectivity index (χ0v) is 12.6. The molecule has 1 unspecified atom stereocenters. The zero-order valence-electron chi connectivity index (χ0n) is 12.6. The first-order valence-electron chi connectivity index (χ1n) is 7.22. The van der Waals surface area contributed by atoms with Crippen LogP contribution in [-0.2, 0) is 0 Å². The predicted octanol–water partition coefficient (Wildman–Crippen LogP) is 4.68. The van der Waals surface area contributed by atoms with Gasteiger partial charge >= 0.3 is 5.97 Å². The van der Waals surface area contributed by atoms with Crippen LogP contribution < -0.4 is 4.74 Å². The van der Waals surface area contributed by atoms with E-state index in [1.807, 2.05) is 0 Å². The minimum atomic E-state index is -0.913.